The summed E-state index contributed by atoms with van der Waals surface area (Å²) < 4.78 is 5.09. The summed E-state index contributed by atoms with van der Waals surface area (Å²) in [5.74, 6) is 0.475. The maximum Gasteiger partial charge on any atom is 0.239 e. The van der Waals surface area contributed by atoms with Crippen LogP contribution < -0.4 is 15.4 Å². The molecule has 0 spiro atoms. The molecule has 130 valence electrons. The predicted octanol–water partition coefficient (Wildman–Crippen LogP) is 2.14. The van der Waals surface area contributed by atoms with Crippen molar-refractivity contribution in [2.75, 3.05) is 13.7 Å². The Kier molecular flexibility index (Phi) is 5.60. The molecule has 0 aromatic heterocycles. The number of hydrogen-bond donors (Lipinski definition) is 2. The van der Waals surface area contributed by atoms with Crippen LogP contribution in [0.2, 0.25) is 0 Å². The van der Waals surface area contributed by atoms with Crippen LogP contribution in [0.4, 0.5) is 0 Å². The highest BCUT2D eigenvalue weighted by atomic mass is 32.2. The maximum atomic E-state index is 12.2. The zero-order valence-corrected chi connectivity index (χ0v) is 14.8. The molecule has 1 heterocycles. The number of rotatable bonds is 6. The van der Waals surface area contributed by atoms with Crippen LogP contribution in [-0.4, -0.2) is 30.7 Å². The number of carbonyl (C=O) groups is 2. The summed E-state index contributed by atoms with van der Waals surface area (Å²) in [5, 5.41) is 5.36. The molecule has 1 aliphatic heterocycles. The van der Waals surface area contributed by atoms with Crippen LogP contribution >= 0.6 is 11.8 Å². The average molecular weight is 356 g/mol. The van der Waals surface area contributed by atoms with E-state index in [2.05, 4.69) is 10.6 Å². The normalized spacial score (nSPS) is 15.3. The second-order valence-electron chi connectivity index (χ2n) is 5.76. The Hall–Kier alpha value is -2.47. The highest BCUT2D eigenvalue weighted by molar-refractivity contribution is 8.01. The van der Waals surface area contributed by atoms with E-state index in [4.69, 9.17) is 4.74 Å². The van der Waals surface area contributed by atoms with Crippen LogP contribution in [0, 0.1) is 0 Å². The number of benzene rings is 2. The standard InChI is InChI=1S/C19H20N2O3S/c1-24-15-8-6-13(7-9-15)11-20-18(22)12-21-19(23)17-10-14-4-2-3-5-16(14)25-17/h2-9,17H,10-12H2,1H3,(H,20,22)(H,21,23). The van der Waals surface area contributed by atoms with Crippen LogP contribution in [-0.2, 0) is 22.6 Å². The van der Waals surface area contributed by atoms with E-state index in [1.807, 2.05) is 48.5 Å². The summed E-state index contributed by atoms with van der Waals surface area (Å²) in [6.07, 6.45) is 0.708. The third kappa shape index (κ3) is 4.54. The van der Waals surface area contributed by atoms with Crippen molar-refractivity contribution < 1.29 is 14.3 Å². The number of thioether (sulfide) groups is 1. The first-order valence-corrected chi connectivity index (χ1v) is 8.95. The molecular weight excluding hydrogens is 336 g/mol. The Morgan fingerprint density at radius 3 is 2.60 bits per heavy atom. The van der Waals surface area contributed by atoms with Gasteiger partial charge in [-0.2, -0.15) is 0 Å². The van der Waals surface area contributed by atoms with Crippen LogP contribution in [0.25, 0.3) is 0 Å². The van der Waals surface area contributed by atoms with Crippen LogP contribution in [0.3, 0.4) is 0 Å². The fraction of sp³-hybridized carbons (Fsp3) is 0.263. The molecule has 0 saturated carbocycles. The van der Waals surface area contributed by atoms with E-state index in [1.165, 1.54) is 5.56 Å². The second kappa shape index (κ2) is 8.07. The van der Waals surface area contributed by atoms with Crippen LogP contribution in [0.1, 0.15) is 11.1 Å². The molecule has 5 nitrogen and oxygen atoms in total. The largest absolute Gasteiger partial charge is 0.497 e. The lowest BCUT2D eigenvalue weighted by Crippen LogP contribution is -2.40. The van der Waals surface area contributed by atoms with Crippen molar-refractivity contribution in [2.24, 2.45) is 0 Å². The molecule has 0 radical (unpaired) electrons. The Bertz CT molecular complexity index is 737. The van der Waals surface area contributed by atoms with E-state index in [0.29, 0.717) is 13.0 Å². The summed E-state index contributed by atoms with van der Waals surface area (Å²) in [5.41, 5.74) is 2.17. The van der Waals surface area contributed by atoms with E-state index < -0.39 is 0 Å². The fourth-order valence-electron chi connectivity index (χ4n) is 2.62. The fourth-order valence-corrected chi connectivity index (χ4v) is 3.84. The monoisotopic (exact) mass is 356 g/mol. The summed E-state index contributed by atoms with van der Waals surface area (Å²) in [4.78, 5) is 25.3. The van der Waals surface area contributed by atoms with Crippen molar-refractivity contribution in [3.8, 4) is 5.75 Å². The van der Waals surface area contributed by atoms with Crippen LogP contribution in [0.5, 0.6) is 5.75 Å². The Morgan fingerprint density at radius 2 is 1.88 bits per heavy atom. The molecule has 2 aromatic carbocycles. The SMILES string of the molecule is COc1ccc(CNC(=O)CNC(=O)C2Cc3ccccc3S2)cc1. The molecule has 2 aromatic rings. The molecule has 2 amide bonds. The molecule has 0 bridgehead atoms. The molecular formula is C19H20N2O3S. The van der Waals surface area contributed by atoms with Gasteiger partial charge in [0.1, 0.15) is 5.75 Å². The highest BCUT2D eigenvalue weighted by Crippen LogP contribution is 2.36. The van der Waals surface area contributed by atoms with Crippen molar-refractivity contribution in [2.45, 2.75) is 23.1 Å². The lowest BCUT2D eigenvalue weighted by Gasteiger charge is -2.10. The third-order valence-corrected chi connectivity index (χ3v) is 5.33. The summed E-state index contributed by atoms with van der Waals surface area (Å²) >= 11 is 1.55. The number of amides is 2. The summed E-state index contributed by atoms with van der Waals surface area (Å²) in [6, 6.07) is 15.5. The number of fused-ring (bicyclic) bond motifs is 1. The van der Waals surface area contributed by atoms with Gasteiger partial charge < -0.3 is 15.4 Å². The average Bonchev–Trinajstić information content (AvgIpc) is 3.09. The van der Waals surface area contributed by atoms with Crippen molar-refractivity contribution in [3.63, 3.8) is 0 Å². The number of ether oxygens (including phenoxy) is 1. The van der Waals surface area contributed by atoms with Gasteiger partial charge in [-0.1, -0.05) is 30.3 Å². The van der Waals surface area contributed by atoms with Gasteiger partial charge in [-0.25, -0.2) is 0 Å². The van der Waals surface area contributed by atoms with Gasteiger partial charge in [-0.05, 0) is 35.7 Å². The number of nitrogens with one attached hydrogen (secondary N) is 2. The number of carbonyl (C=O) groups excluding carboxylic acids is 2. The summed E-state index contributed by atoms with van der Waals surface area (Å²) in [7, 11) is 1.61. The van der Waals surface area contributed by atoms with Crippen molar-refractivity contribution in [3.05, 3.63) is 59.7 Å². The molecule has 2 N–H and O–H groups in total. The van der Waals surface area contributed by atoms with Gasteiger partial charge in [0.05, 0.1) is 18.9 Å². The second-order valence-corrected chi connectivity index (χ2v) is 7.01. The number of methoxy groups -OCH3 is 1. The molecule has 3 rings (SSSR count). The van der Waals surface area contributed by atoms with Gasteiger partial charge in [-0.3, -0.25) is 9.59 Å². The molecule has 25 heavy (non-hydrogen) atoms. The van der Waals surface area contributed by atoms with Gasteiger partial charge in [0.2, 0.25) is 11.8 Å². The lowest BCUT2D eigenvalue weighted by molar-refractivity contribution is -0.125. The van der Waals surface area contributed by atoms with E-state index in [9.17, 15) is 9.59 Å². The quantitative estimate of drug-likeness (QED) is 0.832. The molecule has 0 aliphatic carbocycles. The first kappa shape index (κ1) is 17.4. The minimum Gasteiger partial charge on any atom is -0.497 e. The lowest BCUT2D eigenvalue weighted by atomic mass is 10.1. The Morgan fingerprint density at radius 1 is 1.12 bits per heavy atom. The number of hydrogen-bond acceptors (Lipinski definition) is 4. The molecule has 1 atom stereocenters. The zero-order valence-electron chi connectivity index (χ0n) is 14.0. The first-order chi connectivity index (χ1) is 12.2. The maximum absolute atomic E-state index is 12.2. The topological polar surface area (TPSA) is 67.4 Å². The van der Waals surface area contributed by atoms with E-state index >= 15 is 0 Å². The highest BCUT2D eigenvalue weighted by Gasteiger charge is 2.27. The van der Waals surface area contributed by atoms with Crippen molar-refractivity contribution in [1.82, 2.24) is 10.6 Å². The smallest absolute Gasteiger partial charge is 0.239 e. The molecule has 1 unspecified atom stereocenters. The van der Waals surface area contributed by atoms with Gasteiger partial charge in [0.25, 0.3) is 0 Å². The van der Waals surface area contributed by atoms with Gasteiger partial charge in [0, 0.05) is 11.4 Å². The minimum absolute atomic E-state index is 0.0115. The Balaban J connectivity index is 1.41. The van der Waals surface area contributed by atoms with E-state index in [1.54, 1.807) is 18.9 Å². The van der Waals surface area contributed by atoms with Gasteiger partial charge >= 0.3 is 0 Å². The Labute approximate surface area is 151 Å². The molecule has 0 fully saturated rings. The third-order valence-electron chi connectivity index (χ3n) is 4.01. The molecule has 6 heteroatoms. The van der Waals surface area contributed by atoms with E-state index in [0.717, 1.165) is 16.2 Å². The predicted molar refractivity (Wildman–Crippen MR) is 97.6 cm³/mol. The van der Waals surface area contributed by atoms with Gasteiger partial charge in [0.15, 0.2) is 0 Å². The minimum atomic E-state index is -0.204. The van der Waals surface area contributed by atoms with Crippen molar-refractivity contribution >= 4 is 23.6 Å². The van der Waals surface area contributed by atoms with Gasteiger partial charge in [-0.15, -0.1) is 11.8 Å². The van der Waals surface area contributed by atoms with Crippen molar-refractivity contribution in [1.29, 1.82) is 0 Å². The van der Waals surface area contributed by atoms with Crippen LogP contribution in [0.15, 0.2) is 53.4 Å². The molecule has 0 saturated heterocycles. The summed E-state index contributed by atoms with van der Waals surface area (Å²) in [6.45, 7) is 0.407. The zero-order chi connectivity index (χ0) is 17.6. The molecule has 1 aliphatic rings. The first-order valence-electron chi connectivity index (χ1n) is 8.07. The van der Waals surface area contributed by atoms with E-state index in [-0.39, 0.29) is 23.6 Å².